The van der Waals surface area contributed by atoms with Crippen molar-refractivity contribution in [2.45, 2.75) is 37.7 Å². The fourth-order valence-corrected chi connectivity index (χ4v) is 3.95. The number of hydrogen-bond acceptors (Lipinski definition) is 5. The summed E-state index contributed by atoms with van der Waals surface area (Å²) in [4.78, 5) is 14.7. The van der Waals surface area contributed by atoms with E-state index in [4.69, 9.17) is 9.47 Å². The quantitative estimate of drug-likeness (QED) is 0.885. The van der Waals surface area contributed by atoms with E-state index in [1.165, 1.54) is 26.4 Å². The Hall–Kier alpha value is -1.95. The predicted molar refractivity (Wildman–Crippen MR) is 88.6 cm³/mol. The molecule has 1 saturated heterocycles. The SMILES string of the molecule is COc1cc(C(=O)N2CC[C@]3(O)CCCC[C@H]3C2)cc(OC)c1O. The summed E-state index contributed by atoms with van der Waals surface area (Å²) in [7, 11) is 2.87. The van der Waals surface area contributed by atoms with Gasteiger partial charge in [-0.3, -0.25) is 4.79 Å². The number of ether oxygens (including phenoxy) is 2. The van der Waals surface area contributed by atoms with Gasteiger partial charge in [0.25, 0.3) is 5.91 Å². The number of rotatable bonds is 3. The Morgan fingerprint density at radius 2 is 1.88 bits per heavy atom. The van der Waals surface area contributed by atoms with E-state index >= 15 is 0 Å². The first-order valence-corrected chi connectivity index (χ1v) is 8.45. The van der Waals surface area contributed by atoms with Crippen LogP contribution >= 0.6 is 0 Å². The number of phenolic OH excluding ortho intramolecular Hbond substituents is 1. The number of piperidine rings is 1. The summed E-state index contributed by atoms with van der Waals surface area (Å²) in [5.74, 6) is 0.327. The predicted octanol–water partition coefficient (Wildman–Crippen LogP) is 2.18. The van der Waals surface area contributed by atoms with Gasteiger partial charge in [0.05, 0.1) is 19.8 Å². The summed E-state index contributed by atoms with van der Waals surface area (Å²) >= 11 is 0. The van der Waals surface area contributed by atoms with Crippen molar-refractivity contribution in [1.82, 2.24) is 4.90 Å². The summed E-state index contributed by atoms with van der Waals surface area (Å²) in [6.07, 6.45) is 4.59. The first-order chi connectivity index (χ1) is 11.5. The number of likely N-dealkylation sites (tertiary alicyclic amines) is 1. The molecule has 1 aliphatic heterocycles. The van der Waals surface area contributed by atoms with Crippen LogP contribution in [-0.4, -0.2) is 53.9 Å². The largest absolute Gasteiger partial charge is 0.502 e. The molecule has 1 saturated carbocycles. The monoisotopic (exact) mass is 335 g/mol. The fraction of sp³-hybridized carbons (Fsp3) is 0.611. The van der Waals surface area contributed by atoms with Crippen LogP contribution in [0.4, 0.5) is 0 Å². The summed E-state index contributed by atoms with van der Waals surface area (Å²) in [6.45, 7) is 1.11. The molecule has 1 amide bonds. The second-order valence-corrected chi connectivity index (χ2v) is 6.78. The van der Waals surface area contributed by atoms with Crippen molar-refractivity contribution >= 4 is 5.91 Å². The second-order valence-electron chi connectivity index (χ2n) is 6.78. The van der Waals surface area contributed by atoms with Crippen LogP contribution < -0.4 is 9.47 Å². The van der Waals surface area contributed by atoms with Gasteiger partial charge < -0.3 is 24.6 Å². The maximum atomic E-state index is 12.9. The molecule has 2 atom stereocenters. The lowest BCUT2D eigenvalue weighted by atomic mass is 9.71. The standard InChI is InChI=1S/C18H25NO5/c1-23-14-9-12(10-15(24-2)16(14)20)17(21)19-8-7-18(22)6-4-3-5-13(18)11-19/h9-10,13,20,22H,3-8,11H2,1-2H3/t13-,18+/m0/s1. The Balaban J connectivity index is 1.82. The smallest absolute Gasteiger partial charge is 0.254 e. The highest BCUT2D eigenvalue weighted by atomic mass is 16.5. The van der Waals surface area contributed by atoms with E-state index in [1.54, 1.807) is 4.90 Å². The normalized spacial score (nSPS) is 26.6. The summed E-state index contributed by atoms with van der Waals surface area (Å²) < 4.78 is 10.3. The molecule has 132 valence electrons. The van der Waals surface area contributed by atoms with Crippen molar-refractivity contribution in [2.24, 2.45) is 5.92 Å². The van der Waals surface area contributed by atoms with Crippen LogP contribution in [0.3, 0.4) is 0 Å². The van der Waals surface area contributed by atoms with Crippen LogP contribution in [-0.2, 0) is 0 Å². The first kappa shape index (κ1) is 16.9. The van der Waals surface area contributed by atoms with E-state index in [2.05, 4.69) is 0 Å². The number of aliphatic hydroxyl groups is 1. The molecule has 0 radical (unpaired) electrons. The average Bonchev–Trinajstić information content (AvgIpc) is 2.60. The highest BCUT2D eigenvalue weighted by Gasteiger charge is 2.43. The molecule has 6 nitrogen and oxygen atoms in total. The molecule has 0 bridgehead atoms. The molecule has 1 aromatic rings. The molecular weight excluding hydrogens is 310 g/mol. The zero-order valence-electron chi connectivity index (χ0n) is 14.2. The van der Waals surface area contributed by atoms with Crippen molar-refractivity contribution in [3.8, 4) is 17.2 Å². The molecule has 2 fully saturated rings. The molecule has 6 heteroatoms. The van der Waals surface area contributed by atoms with Crippen LogP contribution in [0.15, 0.2) is 12.1 Å². The summed E-state index contributed by atoms with van der Waals surface area (Å²) in [5.41, 5.74) is -0.193. The molecule has 24 heavy (non-hydrogen) atoms. The van der Waals surface area contributed by atoms with E-state index in [0.29, 0.717) is 25.1 Å². The zero-order chi connectivity index (χ0) is 17.3. The van der Waals surface area contributed by atoms with Gasteiger partial charge in [0, 0.05) is 24.6 Å². The van der Waals surface area contributed by atoms with Crippen molar-refractivity contribution in [3.05, 3.63) is 17.7 Å². The fourth-order valence-electron chi connectivity index (χ4n) is 3.95. The number of aromatic hydroxyl groups is 1. The summed E-state index contributed by atoms with van der Waals surface area (Å²) in [5, 5.41) is 20.7. The van der Waals surface area contributed by atoms with Gasteiger partial charge in [-0.25, -0.2) is 0 Å². The Kier molecular flexibility index (Phi) is 4.58. The van der Waals surface area contributed by atoms with Gasteiger partial charge in [-0.1, -0.05) is 12.8 Å². The van der Waals surface area contributed by atoms with Crippen molar-refractivity contribution < 1.29 is 24.5 Å². The van der Waals surface area contributed by atoms with Crippen molar-refractivity contribution in [2.75, 3.05) is 27.3 Å². The Bertz CT molecular complexity index is 607. The number of amides is 1. The highest BCUT2D eigenvalue weighted by molar-refractivity contribution is 5.95. The third kappa shape index (κ3) is 2.90. The van der Waals surface area contributed by atoms with E-state index in [0.717, 1.165) is 25.7 Å². The topological polar surface area (TPSA) is 79.2 Å². The maximum Gasteiger partial charge on any atom is 0.254 e. The van der Waals surface area contributed by atoms with Crippen LogP contribution in [0, 0.1) is 5.92 Å². The number of phenols is 1. The second kappa shape index (κ2) is 6.51. The lowest BCUT2D eigenvalue weighted by molar-refractivity contribution is -0.0886. The van der Waals surface area contributed by atoms with Crippen LogP contribution in [0.2, 0.25) is 0 Å². The zero-order valence-corrected chi connectivity index (χ0v) is 14.2. The number of methoxy groups -OCH3 is 2. The molecule has 1 aromatic carbocycles. The molecule has 0 unspecified atom stereocenters. The van der Waals surface area contributed by atoms with Crippen LogP contribution in [0.25, 0.3) is 0 Å². The third-order valence-corrected chi connectivity index (χ3v) is 5.44. The van der Waals surface area contributed by atoms with Gasteiger partial charge in [0.15, 0.2) is 11.5 Å². The minimum absolute atomic E-state index is 0.114. The molecule has 0 aromatic heterocycles. The summed E-state index contributed by atoms with van der Waals surface area (Å²) in [6, 6.07) is 3.06. The molecule has 1 heterocycles. The van der Waals surface area contributed by atoms with Gasteiger partial charge in [-0.2, -0.15) is 0 Å². The van der Waals surface area contributed by atoms with Gasteiger partial charge in [-0.05, 0) is 31.4 Å². The molecule has 0 spiro atoms. The molecule has 2 aliphatic rings. The lowest BCUT2D eigenvalue weighted by Crippen LogP contribution is -2.54. The molecule has 3 rings (SSSR count). The van der Waals surface area contributed by atoms with Crippen molar-refractivity contribution in [3.63, 3.8) is 0 Å². The third-order valence-electron chi connectivity index (χ3n) is 5.44. The molecular formula is C18H25NO5. The number of carbonyl (C=O) groups is 1. The first-order valence-electron chi connectivity index (χ1n) is 8.45. The van der Waals surface area contributed by atoms with Gasteiger partial charge in [-0.15, -0.1) is 0 Å². The number of carbonyl (C=O) groups excluding carboxylic acids is 1. The van der Waals surface area contributed by atoms with Crippen LogP contribution in [0.5, 0.6) is 17.2 Å². The Labute approximate surface area is 142 Å². The van der Waals surface area contributed by atoms with E-state index in [-0.39, 0.29) is 29.1 Å². The average molecular weight is 335 g/mol. The highest BCUT2D eigenvalue weighted by Crippen LogP contribution is 2.41. The molecule has 1 aliphatic carbocycles. The van der Waals surface area contributed by atoms with E-state index in [1.807, 2.05) is 0 Å². The minimum Gasteiger partial charge on any atom is -0.502 e. The van der Waals surface area contributed by atoms with Gasteiger partial charge in [0.1, 0.15) is 0 Å². The van der Waals surface area contributed by atoms with E-state index in [9.17, 15) is 15.0 Å². The maximum absolute atomic E-state index is 12.9. The number of hydrogen-bond donors (Lipinski definition) is 2. The van der Waals surface area contributed by atoms with E-state index < -0.39 is 5.60 Å². The minimum atomic E-state index is -0.612. The number of nitrogens with zero attached hydrogens (tertiary/aromatic N) is 1. The van der Waals surface area contributed by atoms with Crippen molar-refractivity contribution in [1.29, 1.82) is 0 Å². The lowest BCUT2D eigenvalue weighted by Gasteiger charge is -2.47. The Morgan fingerprint density at radius 1 is 1.21 bits per heavy atom. The number of benzene rings is 1. The van der Waals surface area contributed by atoms with Gasteiger partial charge in [0.2, 0.25) is 5.75 Å². The Morgan fingerprint density at radius 3 is 2.50 bits per heavy atom. The molecule has 2 N–H and O–H groups in total. The van der Waals surface area contributed by atoms with Gasteiger partial charge >= 0.3 is 0 Å². The van der Waals surface area contributed by atoms with Crippen LogP contribution in [0.1, 0.15) is 42.5 Å². The number of fused-ring (bicyclic) bond motifs is 1.